The highest BCUT2D eigenvalue weighted by Crippen LogP contribution is 2.27. The van der Waals surface area contributed by atoms with Crippen molar-refractivity contribution in [1.82, 2.24) is 14.9 Å². The molecule has 1 atom stereocenters. The van der Waals surface area contributed by atoms with E-state index in [0.717, 1.165) is 18.7 Å². The van der Waals surface area contributed by atoms with Gasteiger partial charge in [0.1, 0.15) is 0 Å². The Labute approximate surface area is 129 Å². The molecule has 1 N–H and O–H groups in total. The van der Waals surface area contributed by atoms with E-state index in [4.69, 9.17) is 0 Å². The number of rotatable bonds is 5. The van der Waals surface area contributed by atoms with Crippen molar-refractivity contribution in [2.24, 2.45) is 0 Å². The fourth-order valence-corrected chi connectivity index (χ4v) is 3.47. The highest BCUT2D eigenvalue weighted by atomic mass is 32.1. The van der Waals surface area contributed by atoms with Crippen molar-refractivity contribution in [3.8, 4) is 0 Å². The fourth-order valence-electron chi connectivity index (χ4n) is 2.75. The lowest BCUT2D eigenvalue weighted by molar-refractivity contribution is 0.556. The van der Waals surface area contributed by atoms with Crippen molar-refractivity contribution in [2.75, 3.05) is 6.54 Å². The van der Waals surface area contributed by atoms with Gasteiger partial charge in [-0.15, -0.1) is 5.10 Å². The number of aryl methyl sites for hydroxylation is 1. The zero-order valence-electron chi connectivity index (χ0n) is 12.3. The Balaban J connectivity index is 1.97. The van der Waals surface area contributed by atoms with E-state index in [9.17, 15) is 0 Å². The van der Waals surface area contributed by atoms with Crippen LogP contribution in [0.4, 0.5) is 0 Å². The summed E-state index contributed by atoms with van der Waals surface area (Å²) in [5, 5.41) is 10.3. The number of aromatic nitrogens is 2. The second-order valence-corrected chi connectivity index (χ2v) is 5.96. The van der Waals surface area contributed by atoms with Crippen LogP contribution in [0.15, 0.2) is 42.5 Å². The van der Waals surface area contributed by atoms with Crippen LogP contribution in [0, 0.1) is 6.92 Å². The van der Waals surface area contributed by atoms with Gasteiger partial charge in [-0.1, -0.05) is 53.9 Å². The summed E-state index contributed by atoms with van der Waals surface area (Å²) >= 11 is 1.50. The molecule has 3 nitrogen and oxygen atoms in total. The predicted molar refractivity (Wildman–Crippen MR) is 88.7 cm³/mol. The van der Waals surface area contributed by atoms with Gasteiger partial charge in [0.05, 0.1) is 10.6 Å². The number of hydrogen-bond donors (Lipinski definition) is 1. The van der Waals surface area contributed by atoms with Gasteiger partial charge in [0.25, 0.3) is 0 Å². The Morgan fingerprint density at radius 3 is 2.71 bits per heavy atom. The Bertz CT molecular complexity index is 730. The van der Waals surface area contributed by atoms with Gasteiger partial charge in [0.15, 0.2) is 0 Å². The van der Waals surface area contributed by atoms with Crippen molar-refractivity contribution in [3.05, 3.63) is 58.6 Å². The minimum atomic E-state index is 0.279. The largest absolute Gasteiger partial charge is 0.309 e. The summed E-state index contributed by atoms with van der Waals surface area (Å²) < 4.78 is 4.08. The summed E-state index contributed by atoms with van der Waals surface area (Å²) in [4.78, 5) is 1.24. The standard InChI is InChI=1S/C17H19N3S/c1-3-18-16(17-12(2)19-20-21-17)11-14-9-6-8-13-7-4-5-10-15(13)14/h4-10,16,18H,3,11H2,1-2H3. The van der Waals surface area contributed by atoms with Crippen molar-refractivity contribution >= 4 is 22.3 Å². The van der Waals surface area contributed by atoms with Crippen molar-refractivity contribution in [3.63, 3.8) is 0 Å². The molecule has 0 aliphatic carbocycles. The molecule has 3 aromatic rings. The fraction of sp³-hybridized carbons (Fsp3) is 0.294. The molecule has 3 rings (SSSR count). The summed E-state index contributed by atoms with van der Waals surface area (Å²) in [6.07, 6.45) is 0.958. The van der Waals surface area contributed by atoms with E-state index in [1.807, 2.05) is 6.92 Å². The number of likely N-dealkylation sites (N-methyl/N-ethyl adjacent to an activating group) is 1. The zero-order valence-corrected chi connectivity index (χ0v) is 13.2. The van der Waals surface area contributed by atoms with Gasteiger partial charge in [0, 0.05) is 6.04 Å². The third-order valence-electron chi connectivity index (χ3n) is 3.76. The first-order chi connectivity index (χ1) is 10.3. The Hall–Kier alpha value is -1.78. The average Bonchev–Trinajstić information content (AvgIpc) is 2.93. The van der Waals surface area contributed by atoms with Crippen molar-refractivity contribution < 1.29 is 0 Å². The number of benzene rings is 2. The molecule has 4 heteroatoms. The van der Waals surface area contributed by atoms with Crippen LogP contribution >= 0.6 is 11.5 Å². The molecule has 1 unspecified atom stereocenters. The zero-order chi connectivity index (χ0) is 14.7. The first-order valence-electron chi connectivity index (χ1n) is 7.28. The summed E-state index contributed by atoms with van der Waals surface area (Å²) in [7, 11) is 0. The van der Waals surface area contributed by atoms with Gasteiger partial charge in [-0.25, -0.2) is 0 Å². The van der Waals surface area contributed by atoms with Gasteiger partial charge in [-0.3, -0.25) is 0 Å². The van der Waals surface area contributed by atoms with Crippen LogP contribution in [0.2, 0.25) is 0 Å². The quantitative estimate of drug-likeness (QED) is 0.776. The molecule has 0 aliphatic rings. The van der Waals surface area contributed by atoms with Crippen molar-refractivity contribution in [2.45, 2.75) is 26.3 Å². The van der Waals surface area contributed by atoms with E-state index in [2.05, 4.69) is 64.3 Å². The Kier molecular flexibility index (Phi) is 4.27. The van der Waals surface area contributed by atoms with E-state index in [0.29, 0.717) is 0 Å². The van der Waals surface area contributed by atoms with Crippen LogP contribution in [-0.2, 0) is 6.42 Å². The molecular formula is C17H19N3S. The third kappa shape index (κ3) is 2.96. The topological polar surface area (TPSA) is 37.8 Å². The molecule has 2 aromatic carbocycles. The van der Waals surface area contributed by atoms with Crippen LogP contribution < -0.4 is 5.32 Å². The summed E-state index contributed by atoms with van der Waals surface area (Å²) in [5.41, 5.74) is 2.40. The molecule has 0 fully saturated rings. The molecule has 1 aromatic heterocycles. The molecule has 1 heterocycles. The first kappa shape index (κ1) is 14.2. The maximum Gasteiger partial charge on any atom is 0.0772 e. The molecular weight excluding hydrogens is 278 g/mol. The van der Waals surface area contributed by atoms with E-state index in [-0.39, 0.29) is 6.04 Å². The predicted octanol–water partition coefficient (Wildman–Crippen LogP) is 3.89. The van der Waals surface area contributed by atoms with Gasteiger partial charge in [-0.2, -0.15) is 0 Å². The summed E-state index contributed by atoms with van der Waals surface area (Å²) in [6, 6.07) is 15.4. The summed E-state index contributed by atoms with van der Waals surface area (Å²) in [6.45, 7) is 5.11. The van der Waals surface area contributed by atoms with Crippen LogP contribution in [0.3, 0.4) is 0 Å². The molecule has 0 spiro atoms. The average molecular weight is 297 g/mol. The second-order valence-electron chi connectivity index (χ2n) is 5.18. The lowest BCUT2D eigenvalue weighted by atomic mass is 9.97. The molecule has 0 bridgehead atoms. The second kappa shape index (κ2) is 6.33. The number of fused-ring (bicyclic) bond motifs is 1. The summed E-state index contributed by atoms with van der Waals surface area (Å²) in [5.74, 6) is 0. The van der Waals surface area contributed by atoms with Crippen LogP contribution in [0.25, 0.3) is 10.8 Å². The number of nitrogens with one attached hydrogen (secondary N) is 1. The van der Waals surface area contributed by atoms with Gasteiger partial charge in [-0.05, 0) is 47.8 Å². The van der Waals surface area contributed by atoms with Crippen LogP contribution in [0.5, 0.6) is 0 Å². The monoisotopic (exact) mass is 297 g/mol. The maximum atomic E-state index is 4.15. The van der Waals surface area contributed by atoms with Gasteiger partial charge >= 0.3 is 0 Å². The van der Waals surface area contributed by atoms with E-state index < -0.39 is 0 Å². The van der Waals surface area contributed by atoms with Crippen LogP contribution in [-0.4, -0.2) is 16.1 Å². The Morgan fingerprint density at radius 2 is 1.95 bits per heavy atom. The van der Waals surface area contributed by atoms with Crippen LogP contribution in [0.1, 0.15) is 29.1 Å². The normalized spacial score (nSPS) is 12.7. The molecule has 0 radical (unpaired) electrons. The smallest absolute Gasteiger partial charge is 0.0772 e. The third-order valence-corrected chi connectivity index (χ3v) is 4.70. The molecule has 0 saturated carbocycles. The molecule has 108 valence electrons. The number of nitrogens with zero attached hydrogens (tertiary/aromatic N) is 2. The molecule has 0 saturated heterocycles. The van der Waals surface area contributed by atoms with E-state index >= 15 is 0 Å². The Morgan fingerprint density at radius 1 is 1.14 bits per heavy atom. The highest BCUT2D eigenvalue weighted by Gasteiger charge is 2.17. The number of hydrogen-bond acceptors (Lipinski definition) is 4. The van der Waals surface area contributed by atoms with Gasteiger partial charge < -0.3 is 5.32 Å². The SMILES string of the molecule is CCNC(Cc1cccc2ccccc12)c1snnc1C. The van der Waals surface area contributed by atoms with Crippen molar-refractivity contribution in [1.29, 1.82) is 0 Å². The molecule has 21 heavy (non-hydrogen) atoms. The minimum Gasteiger partial charge on any atom is -0.309 e. The molecule has 0 aliphatic heterocycles. The van der Waals surface area contributed by atoms with Gasteiger partial charge in [0.2, 0.25) is 0 Å². The lowest BCUT2D eigenvalue weighted by Crippen LogP contribution is -2.22. The lowest BCUT2D eigenvalue weighted by Gasteiger charge is -2.17. The highest BCUT2D eigenvalue weighted by molar-refractivity contribution is 7.05. The van der Waals surface area contributed by atoms with E-state index in [1.165, 1.54) is 32.7 Å². The minimum absolute atomic E-state index is 0.279. The molecule has 0 amide bonds. The maximum absolute atomic E-state index is 4.15. The van der Waals surface area contributed by atoms with E-state index in [1.54, 1.807) is 0 Å². The first-order valence-corrected chi connectivity index (χ1v) is 8.05.